The van der Waals surface area contributed by atoms with Crippen LogP contribution in [0.5, 0.6) is 0 Å². The van der Waals surface area contributed by atoms with E-state index in [0.717, 1.165) is 17.0 Å². The normalized spacial score (nSPS) is 10.5. The average Bonchev–Trinajstić information content (AvgIpc) is 2.90. The Morgan fingerprint density at radius 1 is 1.05 bits per heavy atom. The Morgan fingerprint density at radius 3 is 2.43 bits per heavy atom. The van der Waals surface area contributed by atoms with Crippen LogP contribution >= 0.6 is 0 Å². The molecule has 1 aromatic heterocycles. The Balaban J connectivity index is 2.23. The molecule has 0 atom stereocenters. The molecule has 1 N–H and O–H groups in total. The maximum Gasteiger partial charge on any atom is 0.337 e. The SMILES string of the molecule is Cc1cc(-c2ccccc2)n(-c2ccccc2C(=O)O)n1. The summed E-state index contributed by atoms with van der Waals surface area (Å²) in [4.78, 5) is 11.4. The number of aromatic nitrogens is 2. The minimum atomic E-state index is -0.960. The topological polar surface area (TPSA) is 55.1 Å². The summed E-state index contributed by atoms with van der Waals surface area (Å²) < 4.78 is 1.69. The number of carboxylic acid groups (broad SMARTS) is 1. The smallest absolute Gasteiger partial charge is 0.337 e. The highest BCUT2D eigenvalue weighted by molar-refractivity contribution is 5.92. The fourth-order valence-electron chi connectivity index (χ4n) is 2.34. The first-order valence-corrected chi connectivity index (χ1v) is 6.61. The van der Waals surface area contributed by atoms with Crippen molar-refractivity contribution in [1.82, 2.24) is 9.78 Å². The van der Waals surface area contributed by atoms with Crippen molar-refractivity contribution in [3.05, 3.63) is 71.9 Å². The maximum absolute atomic E-state index is 11.4. The summed E-state index contributed by atoms with van der Waals surface area (Å²) in [7, 11) is 0. The van der Waals surface area contributed by atoms with E-state index in [1.807, 2.05) is 49.4 Å². The molecule has 0 fully saturated rings. The molecular formula is C17H14N2O2. The van der Waals surface area contributed by atoms with Crippen LogP contribution in [0.2, 0.25) is 0 Å². The van der Waals surface area contributed by atoms with Gasteiger partial charge in [-0.3, -0.25) is 0 Å². The number of nitrogens with zero attached hydrogens (tertiary/aromatic N) is 2. The second kappa shape index (κ2) is 5.25. The first kappa shape index (κ1) is 13.1. The molecule has 0 spiro atoms. The highest BCUT2D eigenvalue weighted by Gasteiger charge is 2.15. The maximum atomic E-state index is 11.4. The Kier molecular flexibility index (Phi) is 3.28. The Hall–Kier alpha value is -2.88. The number of para-hydroxylation sites is 1. The molecule has 0 saturated carbocycles. The van der Waals surface area contributed by atoms with Gasteiger partial charge in [0.25, 0.3) is 0 Å². The van der Waals surface area contributed by atoms with E-state index >= 15 is 0 Å². The van der Waals surface area contributed by atoms with Gasteiger partial charge in [0.05, 0.1) is 22.6 Å². The van der Waals surface area contributed by atoms with E-state index in [2.05, 4.69) is 5.10 Å². The zero-order valence-electron chi connectivity index (χ0n) is 11.5. The van der Waals surface area contributed by atoms with Crippen LogP contribution in [0.4, 0.5) is 0 Å². The van der Waals surface area contributed by atoms with E-state index < -0.39 is 5.97 Å². The summed E-state index contributed by atoms with van der Waals surface area (Å²) in [6.07, 6.45) is 0. The molecule has 104 valence electrons. The lowest BCUT2D eigenvalue weighted by Crippen LogP contribution is -2.07. The van der Waals surface area contributed by atoms with Gasteiger partial charge in [-0.15, -0.1) is 0 Å². The summed E-state index contributed by atoms with van der Waals surface area (Å²) >= 11 is 0. The van der Waals surface area contributed by atoms with Crippen molar-refractivity contribution < 1.29 is 9.90 Å². The molecule has 0 radical (unpaired) electrons. The zero-order valence-corrected chi connectivity index (χ0v) is 11.5. The first-order valence-electron chi connectivity index (χ1n) is 6.61. The van der Waals surface area contributed by atoms with Crippen molar-refractivity contribution in [2.45, 2.75) is 6.92 Å². The van der Waals surface area contributed by atoms with Crippen molar-refractivity contribution in [3.8, 4) is 16.9 Å². The van der Waals surface area contributed by atoms with Crippen LogP contribution in [0.1, 0.15) is 16.1 Å². The van der Waals surface area contributed by atoms with Crippen molar-refractivity contribution in [2.75, 3.05) is 0 Å². The molecule has 0 aliphatic carbocycles. The van der Waals surface area contributed by atoms with Crippen molar-refractivity contribution >= 4 is 5.97 Å². The van der Waals surface area contributed by atoms with Crippen LogP contribution in [-0.2, 0) is 0 Å². The van der Waals surface area contributed by atoms with Gasteiger partial charge < -0.3 is 5.11 Å². The quantitative estimate of drug-likeness (QED) is 0.797. The molecule has 0 amide bonds. The molecule has 3 aromatic rings. The molecule has 4 heteroatoms. The van der Waals surface area contributed by atoms with Crippen LogP contribution in [0.25, 0.3) is 16.9 Å². The summed E-state index contributed by atoms with van der Waals surface area (Å²) in [5.74, 6) is -0.960. The first-order chi connectivity index (χ1) is 10.2. The summed E-state index contributed by atoms with van der Waals surface area (Å²) in [5.41, 5.74) is 3.52. The van der Waals surface area contributed by atoms with Crippen molar-refractivity contribution in [3.63, 3.8) is 0 Å². The van der Waals surface area contributed by atoms with E-state index in [0.29, 0.717) is 5.69 Å². The predicted molar refractivity (Wildman–Crippen MR) is 80.7 cm³/mol. The molecule has 3 rings (SSSR count). The number of aryl methyl sites for hydroxylation is 1. The third-order valence-electron chi connectivity index (χ3n) is 3.26. The lowest BCUT2D eigenvalue weighted by Gasteiger charge is -2.10. The second-order valence-corrected chi connectivity index (χ2v) is 4.77. The van der Waals surface area contributed by atoms with Crippen LogP contribution < -0.4 is 0 Å². The number of aromatic carboxylic acids is 1. The largest absolute Gasteiger partial charge is 0.478 e. The van der Waals surface area contributed by atoms with Gasteiger partial charge in [-0.1, -0.05) is 42.5 Å². The third-order valence-corrected chi connectivity index (χ3v) is 3.26. The van der Waals surface area contributed by atoms with Crippen molar-refractivity contribution in [1.29, 1.82) is 0 Å². The van der Waals surface area contributed by atoms with E-state index in [9.17, 15) is 9.90 Å². The van der Waals surface area contributed by atoms with Gasteiger partial charge in [0, 0.05) is 5.56 Å². The lowest BCUT2D eigenvalue weighted by molar-refractivity contribution is 0.0697. The molecule has 0 bridgehead atoms. The fourth-order valence-corrected chi connectivity index (χ4v) is 2.34. The van der Waals surface area contributed by atoms with Gasteiger partial charge in [-0.25, -0.2) is 9.48 Å². The van der Waals surface area contributed by atoms with Crippen LogP contribution in [0, 0.1) is 6.92 Å². The molecule has 21 heavy (non-hydrogen) atoms. The van der Waals surface area contributed by atoms with Gasteiger partial charge in [-0.2, -0.15) is 5.10 Å². The molecule has 0 aliphatic heterocycles. The Bertz CT molecular complexity index is 792. The highest BCUT2D eigenvalue weighted by atomic mass is 16.4. The Labute approximate surface area is 122 Å². The van der Waals surface area contributed by atoms with Gasteiger partial charge >= 0.3 is 5.97 Å². The summed E-state index contributed by atoms with van der Waals surface area (Å²) in [6, 6.07) is 18.6. The number of hydrogen-bond donors (Lipinski definition) is 1. The monoisotopic (exact) mass is 278 g/mol. The number of carbonyl (C=O) groups is 1. The van der Waals surface area contributed by atoms with Gasteiger partial charge in [0.15, 0.2) is 0 Å². The van der Waals surface area contributed by atoms with E-state index in [1.54, 1.807) is 22.9 Å². The summed E-state index contributed by atoms with van der Waals surface area (Å²) in [5, 5.41) is 13.8. The van der Waals surface area contributed by atoms with Gasteiger partial charge in [0.1, 0.15) is 0 Å². The van der Waals surface area contributed by atoms with Crippen LogP contribution in [-0.4, -0.2) is 20.9 Å². The van der Waals surface area contributed by atoms with Gasteiger partial charge in [-0.05, 0) is 25.1 Å². The molecule has 2 aromatic carbocycles. The van der Waals surface area contributed by atoms with E-state index in [-0.39, 0.29) is 5.56 Å². The number of hydrogen-bond acceptors (Lipinski definition) is 2. The highest BCUT2D eigenvalue weighted by Crippen LogP contribution is 2.25. The lowest BCUT2D eigenvalue weighted by atomic mass is 10.1. The second-order valence-electron chi connectivity index (χ2n) is 4.77. The molecule has 0 saturated heterocycles. The average molecular weight is 278 g/mol. The third kappa shape index (κ3) is 2.43. The number of carboxylic acids is 1. The van der Waals surface area contributed by atoms with Crippen LogP contribution in [0.15, 0.2) is 60.7 Å². The fraction of sp³-hybridized carbons (Fsp3) is 0.0588. The molecule has 1 heterocycles. The van der Waals surface area contributed by atoms with Crippen LogP contribution in [0.3, 0.4) is 0 Å². The molecular weight excluding hydrogens is 264 g/mol. The standard InChI is InChI=1S/C17H14N2O2/c1-12-11-16(13-7-3-2-4-8-13)19(18-12)15-10-6-5-9-14(15)17(20)21/h2-11H,1H3,(H,20,21). The summed E-state index contributed by atoms with van der Waals surface area (Å²) in [6.45, 7) is 1.90. The number of rotatable bonds is 3. The molecule has 4 nitrogen and oxygen atoms in total. The number of benzene rings is 2. The predicted octanol–water partition coefficient (Wildman–Crippen LogP) is 3.55. The van der Waals surface area contributed by atoms with E-state index in [1.165, 1.54) is 0 Å². The van der Waals surface area contributed by atoms with Gasteiger partial charge in [0.2, 0.25) is 0 Å². The molecule has 0 aliphatic rings. The minimum absolute atomic E-state index is 0.234. The van der Waals surface area contributed by atoms with Crippen molar-refractivity contribution in [2.24, 2.45) is 0 Å². The zero-order chi connectivity index (χ0) is 14.8. The minimum Gasteiger partial charge on any atom is -0.478 e. The Morgan fingerprint density at radius 2 is 1.71 bits per heavy atom. The molecule has 0 unspecified atom stereocenters. The van der Waals surface area contributed by atoms with E-state index in [4.69, 9.17) is 0 Å².